The van der Waals surface area contributed by atoms with E-state index in [4.69, 9.17) is 11.6 Å². The quantitative estimate of drug-likeness (QED) is 0.596. The molecule has 0 unspecified atom stereocenters. The highest BCUT2D eigenvalue weighted by molar-refractivity contribution is 6.31. The Morgan fingerprint density at radius 2 is 2.18 bits per heavy atom. The number of carbonyl (C=O) groups is 1. The molecule has 0 aliphatic rings. The van der Waals surface area contributed by atoms with E-state index in [-0.39, 0.29) is 16.4 Å². The first-order chi connectivity index (χ1) is 5.13. The van der Waals surface area contributed by atoms with E-state index in [0.29, 0.717) is 0 Å². The molecule has 1 nitrogen and oxygen atoms in total. The predicted octanol–water partition coefficient (Wildman–Crippen LogP) is 2.68. The molecule has 0 amide bonds. The summed E-state index contributed by atoms with van der Waals surface area (Å²) in [6, 6.07) is 4.36. The number of carbonyl (C=O) groups excluding carboxylic acids is 1. The SMILES string of the molecule is CC(=O)c1cccc(Cl)c1F. The fourth-order valence-corrected chi connectivity index (χ4v) is 0.950. The van der Waals surface area contributed by atoms with Crippen LogP contribution >= 0.6 is 11.6 Å². The molecule has 0 radical (unpaired) electrons. The van der Waals surface area contributed by atoms with Gasteiger partial charge in [-0.1, -0.05) is 17.7 Å². The Bertz CT molecular complexity index is 296. The number of Topliss-reactive ketones (excluding diaryl/α,β-unsaturated/α-hetero) is 1. The summed E-state index contributed by atoms with van der Waals surface area (Å²) in [4.78, 5) is 10.7. The van der Waals surface area contributed by atoms with E-state index in [1.54, 1.807) is 6.07 Å². The lowest BCUT2D eigenvalue weighted by Gasteiger charge is -1.98. The second kappa shape index (κ2) is 3.01. The van der Waals surface area contributed by atoms with Crippen molar-refractivity contribution < 1.29 is 9.18 Å². The fraction of sp³-hybridized carbons (Fsp3) is 0.125. The molecule has 0 saturated heterocycles. The number of rotatable bonds is 1. The van der Waals surface area contributed by atoms with E-state index < -0.39 is 5.82 Å². The number of ketones is 1. The highest BCUT2D eigenvalue weighted by atomic mass is 35.5. The lowest BCUT2D eigenvalue weighted by Crippen LogP contribution is -1.96. The van der Waals surface area contributed by atoms with Gasteiger partial charge in [0.05, 0.1) is 10.6 Å². The molecule has 11 heavy (non-hydrogen) atoms. The molecule has 0 fully saturated rings. The van der Waals surface area contributed by atoms with Crippen LogP contribution in [-0.4, -0.2) is 5.78 Å². The molecule has 3 heteroatoms. The maximum Gasteiger partial charge on any atom is 0.162 e. The molecule has 0 atom stereocenters. The second-order valence-corrected chi connectivity index (χ2v) is 2.56. The fourth-order valence-electron chi connectivity index (χ4n) is 0.776. The Balaban J connectivity index is 3.27. The highest BCUT2D eigenvalue weighted by Crippen LogP contribution is 2.17. The third kappa shape index (κ3) is 1.57. The number of hydrogen-bond acceptors (Lipinski definition) is 1. The minimum atomic E-state index is -0.637. The lowest BCUT2D eigenvalue weighted by atomic mass is 10.1. The molecule has 1 aromatic carbocycles. The minimum absolute atomic E-state index is 0.0160. The van der Waals surface area contributed by atoms with Gasteiger partial charge in [0.15, 0.2) is 11.6 Å². The van der Waals surface area contributed by atoms with Crippen molar-refractivity contribution in [2.45, 2.75) is 6.92 Å². The Morgan fingerprint density at radius 3 is 2.64 bits per heavy atom. The van der Waals surface area contributed by atoms with Gasteiger partial charge in [-0.3, -0.25) is 4.79 Å². The van der Waals surface area contributed by atoms with Gasteiger partial charge in [-0.15, -0.1) is 0 Å². The Morgan fingerprint density at radius 1 is 1.55 bits per heavy atom. The van der Waals surface area contributed by atoms with Crippen molar-refractivity contribution in [3.63, 3.8) is 0 Å². The summed E-state index contributed by atoms with van der Waals surface area (Å²) < 4.78 is 12.9. The van der Waals surface area contributed by atoms with Crippen LogP contribution in [-0.2, 0) is 0 Å². The average Bonchev–Trinajstić information content (AvgIpc) is 1.94. The molecule has 58 valence electrons. The zero-order chi connectivity index (χ0) is 8.43. The predicted molar refractivity (Wildman–Crippen MR) is 41.4 cm³/mol. The van der Waals surface area contributed by atoms with Crippen LogP contribution in [0.5, 0.6) is 0 Å². The van der Waals surface area contributed by atoms with Crippen LogP contribution in [0.2, 0.25) is 5.02 Å². The first-order valence-corrected chi connectivity index (χ1v) is 3.45. The van der Waals surface area contributed by atoms with E-state index in [9.17, 15) is 9.18 Å². The molecule has 0 bridgehead atoms. The van der Waals surface area contributed by atoms with Crippen LogP contribution in [0, 0.1) is 5.82 Å². The average molecular weight is 173 g/mol. The summed E-state index contributed by atoms with van der Waals surface area (Å²) in [7, 11) is 0. The van der Waals surface area contributed by atoms with Crippen LogP contribution in [0.25, 0.3) is 0 Å². The third-order valence-corrected chi connectivity index (χ3v) is 1.62. The van der Waals surface area contributed by atoms with Crippen molar-refractivity contribution in [1.29, 1.82) is 0 Å². The standard InChI is InChI=1S/C8H6ClFO/c1-5(11)6-3-2-4-7(9)8(6)10/h2-4H,1H3. The van der Waals surface area contributed by atoms with Gasteiger partial charge < -0.3 is 0 Å². The Hall–Kier alpha value is -0.890. The zero-order valence-electron chi connectivity index (χ0n) is 5.90. The molecule has 1 rings (SSSR count). The summed E-state index contributed by atoms with van der Waals surface area (Å²) in [6.45, 7) is 1.30. The van der Waals surface area contributed by atoms with Crippen molar-refractivity contribution in [2.24, 2.45) is 0 Å². The van der Waals surface area contributed by atoms with Gasteiger partial charge in [0.25, 0.3) is 0 Å². The third-order valence-electron chi connectivity index (χ3n) is 1.33. The van der Waals surface area contributed by atoms with Crippen LogP contribution in [0.15, 0.2) is 18.2 Å². The second-order valence-electron chi connectivity index (χ2n) is 2.16. The molecular formula is C8H6ClFO. The largest absolute Gasteiger partial charge is 0.294 e. The van der Waals surface area contributed by atoms with Crippen LogP contribution in [0.1, 0.15) is 17.3 Å². The summed E-state index contributed by atoms with van der Waals surface area (Å²) in [5, 5.41) is -0.0160. The maximum atomic E-state index is 12.9. The highest BCUT2D eigenvalue weighted by Gasteiger charge is 2.08. The minimum Gasteiger partial charge on any atom is -0.294 e. The summed E-state index contributed by atoms with van der Waals surface area (Å²) in [5.41, 5.74) is 0.0394. The normalized spacial score (nSPS) is 9.73. The number of halogens is 2. The van der Waals surface area contributed by atoms with Gasteiger partial charge >= 0.3 is 0 Å². The van der Waals surface area contributed by atoms with Crippen LogP contribution in [0.4, 0.5) is 4.39 Å². The molecule has 0 aliphatic heterocycles. The number of benzene rings is 1. The summed E-state index contributed by atoms with van der Waals surface area (Å²) in [6.07, 6.45) is 0. The summed E-state index contributed by atoms with van der Waals surface area (Å²) >= 11 is 5.43. The van der Waals surface area contributed by atoms with E-state index in [1.807, 2.05) is 0 Å². The Labute approximate surface area is 68.8 Å². The van der Waals surface area contributed by atoms with E-state index in [1.165, 1.54) is 19.1 Å². The van der Waals surface area contributed by atoms with Crippen molar-refractivity contribution in [3.05, 3.63) is 34.6 Å². The van der Waals surface area contributed by atoms with E-state index >= 15 is 0 Å². The molecule has 0 spiro atoms. The van der Waals surface area contributed by atoms with Gasteiger partial charge in [-0.25, -0.2) is 4.39 Å². The van der Waals surface area contributed by atoms with Crippen molar-refractivity contribution in [1.82, 2.24) is 0 Å². The maximum absolute atomic E-state index is 12.9. The molecule has 0 saturated carbocycles. The monoisotopic (exact) mass is 172 g/mol. The van der Waals surface area contributed by atoms with Gasteiger partial charge in [-0.05, 0) is 19.1 Å². The smallest absolute Gasteiger partial charge is 0.162 e. The van der Waals surface area contributed by atoms with Crippen LogP contribution < -0.4 is 0 Å². The molecule has 0 N–H and O–H groups in total. The zero-order valence-corrected chi connectivity index (χ0v) is 6.65. The van der Waals surface area contributed by atoms with E-state index in [2.05, 4.69) is 0 Å². The van der Waals surface area contributed by atoms with Gasteiger partial charge in [0.1, 0.15) is 0 Å². The lowest BCUT2D eigenvalue weighted by molar-refractivity contribution is 0.101. The van der Waals surface area contributed by atoms with Crippen molar-refractivity contribution in [2.75, 3.05) is 0 Å². The van der Waals surface area contributed by atoms with Crippen molar-refractivity contribution in [3.8, 4) is 0 Å². The molecular weight excluding hydrogens is 167 g/mol. The van der Waals surface area contributed by atoms with Gasteiger partial charge in [-0.2, -0.15) is 0 Å². The Kier molecular flexibility index (Phi) is 2.25. The van der Waals surface area contributed by atoms with Crippen LogP contribution in [0.3, 0.4) is 0 Å². The van der Waals surface area contributed by atoms with E-state index in [0.717, 1.165) is 0 Å². The molecule has 0 aliphatic carbocycles. The first kappa shape index (κ1) is 8.21. The first-order valence-electron chi connectivity index (χ1n) is 3.08. The van der Waals surface area contributed by atoms with Crippen molar-refractivity contribution >= 4 is 17.4 Å². The summed E-state index contributed by atoms with van der Waals surface area (Å²) in [5.74, 6) is -0.952. The molecule has 0 heterocycles. The molecule has 1 aromatic rings. The van der Waals surface area contributed by atoms with Gasteiger partial charge in [0, 0.05) is 0 Å². The van der Waals surface area contributed by atoms with Gasteiger partial charge in [0.2, 0.25) is 0 Å². The molecule has 0 aromatic heterocycles. The number of hydrogen-bond donors (Lipinski definition) is 0. The topological polar surface area (TPSA) is 17.1 Å².